The average Bonchev–Trinajstić information content (AvgIpc) is 2.73. The zero-order chi connectivity index (χ0) is 20.1. The van der Waals surface area contributed by atoms with Crippen LogP contribution in [-0.4, -0.2) is 45.3 Å². The van der Waals surface area contributed by atoms with E-state index in [2.05, 4.69) is 38.3 Å². The van der Waals surface area contributed by atoms with Crippen molar-refractivity contribution in [2.45, 2.75) is 13.0 Å². The molecule has 1 aliphatic heterocycles. The lowest BCUT2D eigenvalue weighted by Gasteiger charge is -2.29. The van der Waals surface area contributed by atoms with E-state index in [0.717, 1.165) is 37.6 Å². The molecule has 2 aromatic rings. The molecule has 3 rings (SSSR count). The lowest BCUT2D eigenvalue weighted by molar-refractivity contribution is 0.0600. The smallest absolute Gasteiger partial charge is 0.337 e. The van der Waals surface area contributed by atoms with Gasteiger partial charge in [-0.3, -0.25) is 4.79 Å². The maximum atomic E-state index is 12.7. The third-order valence-corrected chi connectivity index (χ3v) is 5.16. The van der Waals surface area contributed by atoms with Crippen molar-refractivity contribution in [2.75, 3.05) is 38.3 Å². The Kier molecular flexibility index (Phi) is 6.70. The van der Waals surface area contributed by atoms with Crippen LogP contribution in [0.25, 0.3) is 0 Å². The van der Waals surface area contributed by atoms with Crippen molar-refractivity contribution >= 4 is 33.5 Å². The van der Waals surface area contributed by atoms with Gasteiger partial charge in [-0.1, -0.05) is 28.1 Å². The molecule has 2 aromatic carbocycles. The molecule has 0 aromatic heterocycles. The van der Waals surface area contributed by atoms with Crippen LogP contribution in [0, 0.1) is 0 Å². The lowest BCUT2D eigenvalue weighted by Crippen LogP contribution is -2.36. The second-order valence-electron chi connectivity index (χ2n) is 6.61. The van der Waals surface area contributed by atoms with E-state index in [0.29, 0.717) is 15.6 Å². The van der Waals surface area contributed by atoms with E-state index in [9.17, 15) is 9.59 Å². The maximum absolute atomic E-state index is 12.7. The molecule has 1 heterocycles. The van der Waals surface area contributed by atoms with Gasteiger partial charge in [-0.15, -0.1) is 0 Å². The maximum Gasteiger partial charge on any atom is 0.337 e. The minimum atomic E-state index is -0.484. The summed E-state index contributed by atoms with van der Waals surface area (Å²) in [6.07, 6.45) is 0. The second-order valence-corrected chi connectivity index (χ2v) is 7.52. The average molecular weight is 447 g/mol. The first-order valence-electron chi connectivity index (χ1n) is 9.10. The number of anilines is 1. The van der Waals surface area contributed by atoms with Crippen LogP contribution in [-0.2, 0) is 9.47 Å². The van der Waals surface area contributed by atoms with Gasteiger partial charge in [0.05, 0.1) is 31.9 Å². The number of morpholine rings is 1. The first kappa shape index (κ1) is 20.4. The molecule has 1 amide bonds. The first-order chi connectivity index (χ1) is 13.5. The summed E-state index contributed by atoms with van der Waals surface area (Å²) in [7, 11) is 1.31. The predicted octanol–water partition coefficient (Wildman–Crippen LogP) is 3.56. The number of carbonyl (C=O) groups is 2. The monoisotopic (exact) mass is 446 g/mol. The number of hydrogen-bond acceptors (Lipinski definition) is 5. The largest absolute Gasteiger partial charge is 0.465 e. The van der Waals surface area contributed by atoms with E-state index in [1.54, 1.807) is 12.1 Å². The Morgan fingerprint density at radius 1 is 1.11 bits per heavy atom. The summed E-state index contributed by atoms with van der Waals surface area (Å²) in [6, 6.07) is 12.8. The van der Waals surface area contributed by atoms with Gasteiger partial charge < -0.3 is 19.7 Å². The van der Waals surface area contributed by atoms with E-state index in [1.165, 1.54) is 13.2 Å². The molecule has 0 radical (unpaired) electrons. The van der Waals surface area contributed by atoms with Crippen molar-refractivity contribution in [3.63, 3.8) is 0 Å². The minimum absolute atomic E-state index is 0.174. The molecule has 0 aliphatic carbocycles. The number of halogens is 1. The number of rotatable bonds is 5. The van der Waals surface area contributed by atoms with Crippen molar-refractivity contribution < 1.29 is 19.1 Å². The summed E-state index contributed by atoms with van der Waals surface area (Å²) in [5.74, 6) is -0.738. The van der Waals surface area contributed by atoms with Crippen molar-refractivity contribution in [2.24, 2.45) is 0 Å². The standard InChI is InChI=1S/C21H23BrN2O4/c1-14(15-3-5-19(6-4-15)24-7-9-28-10-8-24)23-20(25)16-11-17(21(26)27-2)13-18(22)12-16/h3-6,11-14H,7-10H2,1-2H3,(H,23,25)/t14-/m1/s1. The van der Waals surface area contributed by atoms with Gasteiger partial charge in [0.2, 0.25) is 0 Å². The Hall–Kier alpha value is -2.38. The summed E-state index contributed by atoms with van der Waals surface area (Å²) < 4.78 is 10.8. The van der Waals surface area contributed by atoms with Gasteiger partial charge in [0.15, 0.2) is 0 Å². The number of hydrogen-bond donors (Lipinski definition) is 1. The number of carbonyl (C=O) groups excluding carboxylic acids is 2. The van der Waals surface area contributed by atoms with Crippen LogP contribution in [0.1, 0.15) is 39.2 Å². The van der Waals surface area contributed by atoms with Crippen molar-refractivity contribution in [1.29, 1.82) is 0 Å². The van der Waals surface area contributed by atoms with Crippen LogP contribution in [0.15, 0.2) is 46.9 Å². The highest BCUT2D eigenvalue weighted by molar-refractivity contribution is 9.10. The second kappa shape index (κ2) is 9.21. The summed E-state index contributed by atoms with van der Waals surface area (Å²) in [5, 5.41) is 2.98. The van der Waals surface area contributed by atoms with Crippen LogP contribution in [0.4, 0.5) is 5.69 Å². The Bertz CT molecular complexity index is 848. The van der Waals surface area contributed by atoms with Crippen LogP contribution in [0.3, 0.4) is 0 Å². The van der Waals surface area contributed by atoms with Crippen molar-refractivity contribution in [3.8, 4) is 0 Å². The van der Waals surface area contributed by atoms with E-state index in [-0.39, 0.29) is 11.9 Å². The molecule has 6 nitrogen and oxygen atoms in total. The normalized spacial score (nSPS) is 15.0. The summed E-state index contributed by atoms with van der Waals surface area (Å²) in [4.78, 5) is 26.7. The van der Waals surface area contributed by atoms with Gasteiger partial charge in [0.1, 0.15) is 0 Å². The fourth-order valence-corrected chi connectivity index (χ4v) is 3.61. The number of amides is 1. The van der Waals surface area contributed by atoms with Crippen LogP contribution >= 0.6 is 15.9 Å². The topological polar surface area (TPSA) is 67.9 Å². The Morgan fingerprint density at radius 3 is 2.39 bits per heavy atom. The molecule has 0 saturated carbocycles. The van der Waals surface area contributed by atoms with Gasteiger partial charge in [0, 0.05) is 28.8 Å². The third-order valence-electron chi connectivity index (χ3n) is 4.70. The molecule has 1 aliphatic rings. The van der Waals surface area contributed by atoms with Gasteiger partial charge in [-0.25, -0.2) is 4.79 Å². The zero-order valence-electron chi connectivity index (χ0n) is 15.9. The quantitative estimate of drug-likeness (QED) is 0.711. The van der Waals surface area contributed by atoms with Gasteiger partial charge in [-0.05, 0) is 42.8 Å². The number of ether oxygens (including phenoxy) is 2. The van der Waals surface area contributed by atoms with Crippen LogP contribution < -0.4 is 10.2 Å². The third kappa shape index (κ3) is 4.91. The molecule has 148 valence electrons. The Balaban J connectivity index is 1.68. The first-order valence-corrected chi connectivity index (χ1v) is 9.89. The van der Waals surface area contributed by atoms with Crippen LogP contribution in [0.5, 0.6) is 0 Å². The molecule has 1 fully saturated rings. The summed E-state index contributed by atoms with van der Waals surface area (Å²) in [5.41, 5.74) is 2.88. The van der Waals surface area contributed by atoms with E-state index in [4.69, 9.17) is 9.47 Å². The molecule has 0 spiro atoms. The fourth-order valence-electron chi connectivity index (χ4n) is 3.12. The van der Waals surface area contributed by atoms with Gasteiger partial charge >= 0.3 is 5.97 Å². The number of methoxy groups -OCH3 is 1. The Labute approximate surface area is 172 Å². The number of esters is 1. The number of nitrogens with one attached hydrogen (secondary N) is 1. The van der Waals surface area contributed by atoms with E-state index in [1.807, 2.05) is 19.1 Å². The SMILES string of the molecule is COC(=O)c1cc(Br)cc(C(=O)N[C@H](C)c2ccc(N3CCOCC3)cc2)c1. The lowest BCUT2D eigenvalue weighted by atomic mass is 10.1. The number of nitrogens with zero attached hydrogens (tertiary/aromatic N) is 1. The molecule has 1 atom stereocenters. The molecule has 28 heavy (non-hydrogen) atoms. The summed E-state index contributed by atoms with van der Waals surface area (Å²) >= 11 is 3.33. The summed E-state index contributed by atoms with van der Waals surface area (Å²) in [6.45, 7) is 5.19. The highest BCUT2D eigenvalue weighted by Gasteiger charge is 2.16. The van der Waals surface area contributed by atoms with E-state index < -0.39 is 5.97 Å². The molecule has 1 saturated heterocycles. The molecule has 1 N–H and O–H groups in total. The predicted molar refractivity (Wildman–Crippen MR) is 111 cm³/mol. The molecule has 7 heteroatoms. The minimum Gasteiger partial charge on any atom is -0.465 e. The number of benzene rings is 2. The van der Waals surface area contributed by atoms with Gasteiger partial charge in [0.25, 0.3) is 5.91 Å². The molecule has 0 unspecified atom stereocenters. The van der Waals surface area contributed by atoms with Gasteiger partial charge in [-0.2, -0.15) is 0 Å². The van der Waals surface area contributed by atoms with Crippen molar-refractivity contribution in [1.82, 2.24) is 5.32 Å². The van der Waals surface area contributed by atoms with Crippen LogP contribution in [0.2, 0.25) is 0 Å². The molecular weight excluding hydrogens is 424 g/mol. The van der Waals surface area contributed by atoms with Crippen molar-refractivity contribution in [3.05, 3.63) is 63.6 Å². The molecular formula is C21H23BrN2O4. The highest BCUT2D eigenvalue weighted by atomic mass is 79.9. The molecule has 0 bridgehead atoms. The highest BCUT2D eigenvalue weighted by Crippen LogP contribution is 2.21. The Morgan fingerprint density at radius 2 is 1.75 bits per heavy atom. The fraction of sp³-hybridized carbons (Fsp3) is 0.333. The van der Waals surface area contributed by atoms with E-state index >= 15 is 0 Å². The zero-order valence-corrected chi connectivity index (χ0v) is 17.5.